The number of carbonyl (C=O) groups excluding carboxylic acids is 1. The summed E-state index contributed by atoms with van der Waals surface area (Å²) in [6.07, 6.45) is 0.298. The minimum absolute atomic E-state index is 0.0500. The molecule has 0 saturated carbocycles. The summed E-state index contributed by atoms with van der Waals surface area (Å²) >= 11 is 1.48. The SMILES string of the molecule is COc1ccc(-c2csc3nc(NC(=O)CC(c4ccccc4)c4ccccc4)nn23)cc1. The Morgan fingerprint density at radius 3 is 2.21 bits per heavy atom. The number of fused-ring (bicyclic) bond motifs is 1. The number of rotatable bonds is 7. The summed E-state index contributed by atoms with van der Waals surface area (Å²) in [5.41, 5.74) is 4.11. The second-order valence-electron chi connectivity index (χ2n) is 7.61. The number of ether oxygens (including phenoxy) is 1. The second kappa shape index (κ2) is 9.26. The van der Waals surface area contributed by atoms with Crippen LogP contribution in [0.3, 0.4) is 0 Å². The third kappa shape index (κ3) is 4.49. The second-order valence-corrected chi connectivity index (χ2v) is 8.44. The van der Waals surface area contributed by atoms with Crippen molar-refractivity contribution >= 4 is 28.2 Å². The van der Waals surface area contributed by atoms with E-state index >= 15 is 0 Å². The summed E-state index contributed by atoms with van der Waals surface area (Å²) in [5.74, 6) is 0.924. The quantitative estimate of drug-likeness (QED) is 0.346. The fourth-order valence-corrected chi connectivity index (χ4v) is 4.69. The number of benzene rings is 3. The van der Waals surface area contributed by atoms with Crippen LogP contribution in [0.4, 0.5) is 5.95 Å². The highest BCUT2D eigenvalue weighted by atomic mass is 32.1. The van der Waals surface area contributed by atoms with Crippen LogP contribution in [0.1, 0.15) is 23.5 Å². The molecule has 7 heteroatoms. The van der Waals surface area contributed by atoms with Gasteiger partial charge in [0.25, 0.3) is 0 Å². The van der Waals surface area contributed by atoms with E-state index in [1.54, 1.807) is 11.6 Å². The van der Waals surface area contributed by atoms with Gasteiger partial charge in [0.1, 0.15) is 5.75 Å². The van der Waals surface area contributed by atoms with Gasteiger partial charge in [-0.15, -0.1) is 16.4 Å². The predicted molar refractivity (Wildman–Crippen MR) is 131 cm³/mol. The molecule has 6 nitrogen and oxygen atoms in total. The zero-order valence-electron chi connectivity index (χ0n) is 18.0. The Morgan fingerprint density at radius 1 is 0.970 bits per heavy atom. The molecule has 0 bridgehead atoms. The Morgan fingerprint density at radius 2 is 1.61 bits per heavy atom. The smallest absolute Gasteiger partial charge is 0.250 e. The molecule has 0 aliphatic rings. The first-order valence-corrected chi connectivity index (χ1v) is 11.5. The van der Waals surface area contributed by atoms with E-state index in [-0.39, 0.29) is 11.8 Å². The van der Waals surface area contributed by atoms with Gasteiger partial charge in [0.15, 0.2) is 0 Å². The zero-order chi connectivity index (χ0) is 22.6. The van der Waals surface area contributed by atoms with Crippen LogP contribution in [0.15, 0.2) is 90.3 Å². The summed E-state index contributed by atoms with van der Waals surface area (Å²) in [5, 5.41) is 9.43. The summed E-state index contributed by atoms with van der Waals surface area (Å²) in [4.78, 5) is 18.2. The maximum absolute atomic E-state index is 13.0. The van der Waals surface area contributed by atoms with Gasteiger partial charge in [-0.05, 0) is 35.4 Å². The van der Waals surface area contributed by atoms with E-state index in [2.05, 4.69) is 39.7 Å². The van der Waals surface area contributed by atoms with E-state index < -0.39 is 0 Å². The van der Waals surface area contributed by atoms with E-state index in [1.807, 2.05) is 66.0 Å². The molecular weight excluding hydrogens is 432 g/mol. The molecule has 1 amide bonds. The molecule has 164 valence electrons. The Hall–Kier alpha value is -3.97. The monoisotopic (exact) mass is 454 g/mol. The minimum Gasteiger partial charge on any atom is -0.497 e. The van der Waals surface area contributed by atoms with E-state index in [4.69, 9.17) is 4.74 Å². The summed E-state index contributed by atoms with van der Waals surface area (Å²) in [7, 11) is 1.64. The number of hydrogen-bond donors (Lipinski definition) is 1. The van der Waals surface area contributed by atoms with Gasteiger partial charge in [0, 0.05) is 23.3 Å². The number of aromatic nitrogens is 3. The van der Waals surface area contributed by atoms with Gasteiger partial charge in [0.2, 0.25) is 16.8 Å². The highest BCUT2D eigenvalue weighted by Crippen LogP contribution is 2.29. The molecule has 1 N–H and O–H groups in total. The maximum Gasteiger partial charge on any atom is 0.250 e. The van der Waals surface area contributed by atoms with Crippen molar-refractivity contribution in [3.8, 4) is 17.0 Å². The average Bonchev–Trinajstić information content (AvgIpc) is 3.44. The molecule has 0 unspecified atom stereocenters. The highest BCUT2D eigenvalue weighted by molar-refractivity contribution is 7.15. The first-order chi connectivity index (χ1) is 16.2. The normalized spacial score (nSPS) is 11.1. The van der Waals surface area contributed by atoms with Crippen LogP contribution in [-0.4, -0.2) is 27.6 Å². The van der Waals surface area contributed by atoms with E-state index in [0.717, 1.165) is 33.1 Å². The molecule has 0 radical (unpaired) electrons. The predicted octanol–water partition coefficient (Wildman–Crippen LogP) is 5.63. The molecule has 0 aliphatic carbocycles. The number of anilines is 1. The molecule has 5 rings (SSSR count). The van der Waals surface area contributed by atoms with Crippen molar-refractivity contribution in [2.24, 2.45) is 0 Å². The van der Waals surface area contributed by atoms with Crippen LogP contribution in [0.25, 0.3) is 16.2 Å². The number of nitrogens with zero attached hydrogens (tertiary/aromatic N) is 3. The summed E-state index contributed by atoms with van der Waals surface area (Å²) < 4.78 is 7.00. The topological polar surface area (TPSA) is 68.5 Å². The fraction of sp³-hybridized carbons (Fsp3) is 0.115. The van der Waals surface area contributed by atoms with Gasteiger partial charge >= 0.3 is 0 Å². The van der Waals surface area contributed by atoms with Crippen LogP contribution in [-0.2, 0) is 4.79 Å². The molecule has 0 spiro atoms. The lowest BCUT2D eigenvalue weighted by Crippen LogP contribution is -2.17. The van der Waals surface area contributed by atoms with Crippen LogP contribution in [0.5, 0.6) is 5.75 Å². The Labute approximate surface area is 195 Å². The number of amides is 1. The number of carbonyl (C=O) groups is 1. The van der Waals surface area contributed by atoms with Gasteiger partial charge in [-0.1, -0.05) is 60.7 Å². The maximum atomic E-state index is 13.0. The van der Waals surface area contributed by atoms with Crippen molar-refractivity contribution in [1.82, 2.24) is 14.6 Å². The molecule has 0 aliphatic heterocycles. The molecule has 0 saturated heterocycles. The number of nitrogens with one attached hydrogen (secondary N) is 1. The van der Waals surface area contributed by atoms with Gasteiger partial charge in [0.05, 0.1) is 12.8 Å². The average molecular weight is 455 g/mol. The van der Waals surface area contributed by atoms with Gasteiger partial charge in [-0.3, -0.25) is 10.1 Å². The zero-order valence-corrected chi connectivity index (χ0v) is 18.8. The first-order valence-electron chi connectivity index (χ1n) is 10.6. The van der Waals surface area contributed by atoms with Crippen LogP contribution in [0.2, 0.25) is 0 Å². The van der Waals surface area contributed by atoms with Crippen LogP contribution in [0, 0.1) is 0 Å². The van der Waals surface area contributed by atoms with Gasteiger partial charge in [-0.25, -0.2) is 4.52 Å². The first kappa shape index (κ1) is 20.9. The third-order valence-electron chi connectivity index (χ3n) is 5.51. The number of hydrogen-bond acceptors (Lipinski definition) is 5. The highest BCUT2D eigenvalue weighted by Gasteiger charge is 2.20. The minimum atomic E-state index is -0.128. The van der Waals surface area contributed by atoms with Crippen LogP contribution < -0.4 is 10.1 Å². The van der Waals surface area contributed by atoms with E-state index in [1.165, 1.54) is 11.3 Å². The fourth-order valence-electron chi connectivity index (χ4n) is 3.85. The standard InChI is InChI=1S/C26H22N4O2S/c1-32-21-14-12-20(13-15-21)23-17-33-26-28-25(29-30(23)26)27-24(31)16-22(18-8-4-2-5-9-18)19-10-6-3-7-11-19/h2-15,17,22H,16H2,1H3,(H,27,29,31). The Bertz CT molecular complexity index is 1320. The lowest BCUT2D eigenvalue weighted by molar-refractivity contribution is -0.116. The van der Waals surface area contributed by atoms with Crippen molar-refractivity contribution in [3.63, 3.8) is 0 Å². The Kier molecular flexibility index (Phi) is 5.87. The van der Waals surface area contributed by atoms with Gasteiger partial charge in [-0.2, -0.15) is 4.98 Å². The molecular formula is C26H22N4O2S. The molecule has 0 atom stereocenters. The number of methoxy groups -OCH3 is 1. The lowest BCUT2D eigenvalue weighted by Gasteiger charge is -2.17. The van der Waals surface area contributed by atoms with E-state index in [9.17, 15) is 4.79 Å². The molecule has 33 heavy (non-hydrogen) atoms. The summed E-state index contributed by atoms with van der Waals surface area (Å²) in [6, 6.07) is 27.9. The van der Waals surface area contributed by atoms with Crippen molar-refractivity contribution < 1.29 is 9.53 Å². The summed E-state index contributed by atoms with van der Waals surface area (Å²) in [6.45, 7) is 0. The van der Waals surface area contributed by atoms with Crippen molar-refractivity contribution in [1.29, 1.82) is 0 Å². The molecule has 5 aromatic rings. The van der Waals surface area contributed by atoms with Gasteiger partial charge < -0.3 is 4.74 Å². The number of thiazole rings is 1. The van der Waals surface area contributed by atoms with Crippen molar-refractivity contribution in [2.45, 2.75) is 12.3 Å². The molecule has 3 aromatic carbocycles. The van der Waals surface area contributed by atoms with Crippen LogP contribution >= 0.6 is 11.3 Å². The van der Waals surface area contributed by atoms with E-state index in [0.29, 0.717) is 12.4 Å². The molecule has 2 aromatic heterocycles. The Balaban J connectivity index is 1.36. The molecule has 2 heterocycles. The molecule has 0 fully saturated rings. The largest absolute Gasteiger partial charge is 0.497 e. The lowest BCUT2D eigenvalue weighted by atomic mass is 9.88. The van der Waals surface area contributed by atoms with Crippen molar-refractivity contribution in [3.05, 3.63) is 101 Å². The van der Waals surface area contributed by atoms with Crippen molar-refractivity contribution in [2.75, 3.05) is 12.4 Å². The third-order valence-corrected chi connectivity index (χ3v) is 6.33.